The van der Waals surface area contributed by atoms with Crippen molar-refractivity contribution >= 4 is 28.5 Å². The Morgan fingerprint density at radius 1 is 1.17 bits per heavy atom. The summed E-state index contributed by atoms with van der Waals surface area (Å²) in [7, 11) is 0. The number of amides is 1. The molecule has 152 valence electrons. The number of fused-ring (bicyclic) bond motifs is 2. The van der Waals surface area contributed by atoms with Crippen LogP contribution in [0, 0.1) is 6.92 Å². The lowest BCUT2D eigenvalue weighted by Gasteiger charge is -2.23. The maximum Gasteiger partial charge on any atom is 0.291 e. The van der Waals surface area contributed by atoms with Crippen molar-refractivity contribution in [2.75, 3.05) is 13.2 Å². The molecule has 0 bridgehead atoms. The van der Waals surface area contributed by atoms with E-state index in [2.05, 4.69) is 13.2 Å². The number of halogens is 1. The van der Waals surface area contributed by atoms with Gasteiger partial charge in [0.1, 0.15) is 17.9 Å². The van der Waals surface area contributed by atoms with Crippen molar-refractivity contribution in [1.82, 2.24) is 4.90 Å². The minimum Gasteiger partial charge on any atom is -0.490 e. The average Bonchev–Trinajstić information content (AvgIpc) is 3.01. The Bertz CT molecular complexity index is 1230. The van der Waals surface area contributed by atoms with Crippen molar-refractivity contribution in [1.29, 1.82) is 0 Å². The fraction of sp³-hybridized carbons (Fsp3) is 0.167. The Hall–Kier alpha value is -3.31. The lowest BCUT2D eigenvalue weighted by Crippen LogP contribution is -2.29. The first kappa shape index (κ1) is 20.0. The number of ether oxygens (including phenoxy) is 1. The van der Waals surface area contributed by atoms with Gasteiger partial charge in [-0.2, -0.15) is 0 Å². The van der Waals surface area contributed by atoms with Crippen molar-refractivity contribution < 1.29 is 13.9 Å². The monoisotopic (exact) mass is 421 g/mol. The first-order chi connectivity index (χ1) is 14.5. The summed E-state index contributed by atoms with van der Waals surface area (Å²) in [5, 5.41) is 0.829. The van der Waals surface area contributed by atoms with Gasteiger partial charge < -0.3 is 14.1 Å². The zero-order valence-corrected chi connectivity index (χ0v) is 17.2. The molecule has 4 rings (SSSR count). The lowest BCUT2D eigenvalue weighted by atomic mass is 9.98. The van der Waals surface area contributed by atoms with Crippen LogP contribution in [-0.2, 0) is 0 Å². The quantitative estimate of drug-likeness (QED) is 0.522. The standard InChI is InChI=1S/C24H20ClNO4/c1-4-10-26-21(15-6-8-16(9-7-15)29-11-5-2)20-22(27)17-13-18(25)14(3)12-19(17)30-23(20)24(26)28/h4-9,12-13,21H,1-2,10-11H2,3H3. The molecule has 1 unspecified atom stereocenters. The molecule has 1 atom stereocenters. The molecule has 1 amide bonds. The van der Waals surface area contributed by atoms with Gasteiger partial charge in [-0.25, -0.2) is 0 Å². The largest absolute Gasteiger partial charge is 0.490 e. The molecule has 5 nitrogen and oxygen atoms in total. The first-order valence-electron chi connectivity index (χ1n) is 9.48. The minimum absolute atomic E-state index is 0.0630. The molecule has 0 saturated carbocycles. The van der Waals surface area contributed by atoms with Crippen LogP contribution in [0.2, 0.25) is 5.02 Å². The van der Waals surface area contributed by atoms with Gasteiger partial charge >= 0.3 is 0 Å². The highest BCUT2D eigenvalue weighted by Crippen LogP contribution is 2.39. The van der Waals surface area contributed by atoms with Crippen LogP contribution >= 0.6 is 11.6 Å². The molecule has 0 radical (unpaired) electrons. The summed E-state index contributed by atoms with van der Waals surface area (Å²) in [6, 6.07) is 9.98. The molecule has 2 heterocycles. The topological polar surface area (TPSA) is 59.8 Å². The van der Waals surface area contributed by atoms with Crippen LogP contribution in [0.5, 0.6) is 5.75 Å². The van der Waals surface area contributed by atoms with E-state index in [0.717, 1.165) is 11.1 Å². The van der Waals surface area contributed by atoms with E-state index in [1.54, 1.807) is 41.3 Å². The normalized spacial score (nSPS) is 15.3. The Morgan fingerprint density at radius 3 is 2.57 bits per heavy atom. The number of nitrogens with zero attached hydrogens (tertiary/aromatic N) is 1. The van der Waals surface area contributed by atoms with Gasteiger partial charge in [0.05, 0.1) is 17.0 Å². The smallest absolute Gasteiger partial charge is 0.291 e. The summed E-state index contributed by atoms with van der Waals surface area (Å²) in [4.78, 5) is 28.1. The maximum absolute atomic E-state index is 13.4. The number of aryl methyl sites for hydroxylation is 1. The van der Waals surface area contributed by atoms with Gasteiger partial charge in [0.15, 0.2) is 5.43 Å². The van der Waals surface area contributed by atoms with Gasteiger partial charge in [-0.15, -0.1) is 6.58 Å². The zero-order chi connectivity index (χ0) is 21.4. The first-order valence-corrected chi connectivity index (χ1v) is 9.86. The minimum atomic E-state index is -0.584. The van der Waals surface area contributed by atoms with Crippen LogP contribution in [0.1, 0.15) is 33.3 Å². The molecule has 0 spiro atoms. The molecular weight excluding hydrogens is 402 g/mol. The summed E-state index contributed by atoms with van der Waals surface area (Å²) >= 11 is 6.24. The van der Waals surface area contributed by atoms with Gasteiger partial charge in [-0.05, 0) is 42.3 Å². The molecule has 0 saturated heterocycles. The van der Waals surface area contributed by atoms with Crippen LogP contribution in [0.25, 0.3) is 11.0 Å². The van der Waals surface area contributed by atoms with Crippen molar-refractivity contribution in [2.24, 2.45) is 0 Å². The molecule has 0 N–H and O–H groups in total. The Kier molecular flexibility index (Phi) is 5.22. The summed E-state index contributed by atoms with van der Waals surface area (Å²) < 4.78 is 11.5. The van der Waals surface area contributed by atoms with Crippen molar-refractivity contribution in [3.05, 3.63) is 99.4 Å². The van der Waals surface area contributed by atoms with E-state index in [1.807, 2.05) is 19.1 Å². The maximum atomic E-state index is 13.4. The molecule has 0 fully saturated rings. The highest BCUT2D eigenvalue weighted by atomic mass is 35.5. The SMILES string of the molecule is C=CCOc1ccc(C2c3c(oc4cc(C)c(Cl)cc4c3=O)C(=O)N2CC=C)cc1. The van der Waals surface area contributed by atoms with Gasteiger partial charge in [-0.3, -0.25) is 9.59 Å². The van der Waals surface area contributed by atoms with E-state index in [9.17, 15) is 9.59 Å². The number of carbonyl (C=O) groups is 1. The number of hydrogen-bond acceptors (Lipinski definition) is 4. The van der Waals surface area contributed by atoms with E-state index >= 15 is 0 Å². The van der Waals surface area contributed by atoms with E-state index < -0.39 is 6.04 Å². The van der Waals surface area contributed by atoms with Gasteiger partial charge in [0.25, 0.3) is 5.91 Å². The third-order valence-corrected chi connectivity index (χ3v) is 5.54. The van der Waals surface area contributed by atoms with Crippen molar-refractivity contribution in [3.63, 3.8) is 0 Å². The van der Waals surface area contributed by atoms with Gasteiger partial charge in [0.2, 0.25) is 5.76 Å². The fourth-order valence-electron chi connectivity index (χ4n) is 3.72. The number of carbonyl (C=O) groups excluding carboxylic acids is 1. The summed E-state index contributed by atoms with van der Waals surface area (Å²) in [6.45, 7) is 9.87. The molecule has 1 aromatic heterocycles. The Balaban J connectivity index is 1.90. The molecule has 3 aromatic rings. The van der Waals surface area contributed by atoms with Crippen LogP contribution in [0.15, 0.2) is 70.9 Å². The second-order valence-electron chi connectivity index (χ2n) is 7.09. The fourth-order valence-corrected chi connectivity index (χ4v) is 3.88. The second kappa shape index (κ2) is 7.84. The molecule has 2 aromatic carbocycles. The third kappa shape index (κ3) is 3.21. The average molecular weight is 422 g/mol. The Morgan fingerprint density at radius 2 is 1.90 bits per heavy atom. The van der Waals surface area contributed by atoms with E-state index in [4.69, 9.17) is 20.8 Å². The van der Waals surface area contributed by atoms with Gasteiger partial charge in [0, 0.05) is 11.6 Å². The van der Waals surface area contributed by atoms with Crippen molar-refractivity contribution in [3.8, 4) is 5.75 Å². The van der Waals surface area contributed by atoms with Gasteiger partial charge in [-0.1, -0.05) is 42.5 Å². The van der Waals surface area contributed by atoms with Crippen LogP contribution in [0.4, 0.5) is 0 Å². The Labute approximate surface area is 178 Å². The molecule has 6 heteroatoms. The van der Waals surface area contributed by atoms with E-state index in [-0.39, 0.29) is 23.6 Å². The highest BCUT2D eigenvalue weighted by Gasteiger charge is 2.42. The highest BCUT2D eigenvalue weighted by molar-refractivity contribution is 6.32. The molecule has 1 aliphatic heterocycles. The third-order valence-electron chi connectivity index (χ3n) is 5.14. The number of hydrogen-bond donors (Lipinski definition) is 0. The summed E-state index contributed by atoms with van der Waals surface area (Å²) in [6.07, 6.45) is 3.29. The van der Waals surface area contributed by atoms with Crippen LogP contribution in [-0.4, -0.2) is 24.0 Å². The predicted molar refractivity (Wildman–Crippen MR) is 117 cm³/mol. The van der Waals surface area contributed by atoms with E-state index in [1.165, 1.54) is 0 Å². The second-order valence-corrected chi connectivity index (χ2v) is 7.50. The molecular formula is C24H20ClNO4. The zero-order valence-electron chi connectivity index (χ0n) is 16.5. The number of benzene rings is 2. The summed E-state index contributed by atoms with van der Waals surface area (Å²) in [5.41, 5.74) is 1.95. The number of rotatable bonds is 6. The predicted octanol–water partition coefficient (Wildman–Crippen LogP) is 5.05. The lowest BCUT2D eigenvalue weighted by molar-refractivity contribution is 0.0748. The molecule has 1 aliphatic rings. The van der Waals surface area contributed by atoms with E-state index in [0.29, 0.717) is 33.9 Å². The molecule has 30 heavy (non-hydrogen) atoms. The van der Waals surface area contributed by atoms with Crippen molar-refractivity contribution in [2.45, 2.75) is 13.0 Å². The summed E-state index contributed by atoms with van der Waals surface area (Å²) in [5.74, 6) is 0.396. The van der Waals surface area contributed by atoms with Crippen LogP contribution < -0.4 is 10.2 Å². The van der Waals surface area contributed by atoms with Crippen LogP contribution in [0.3, 0.4) is 0 Å². The molecule has 0 aliphatic carbocycles.